The van der Waals surface area contributed by atoms with Gasteiger partial charge in [0.1, 0.15) is 6.29 Å². The summed E-state index contributed by atoms with van der Waals surface area (Å²) in [7, 11) is 0. The molecule has 0 unspecified atom stereocenters. The SMILES string of the molecule is CC(C)n1cc(CC=O)c2ccccc21. The zero-order valence-corrected chi connectivity index (χ0v) is 9.10. The molecule has 0 N–H and O–H groups in total. The molecule has 78 valence electrons. The first-order valence-corrected chi connectivity index (χ1v) is 5.26. The van der Waals surface area contributed by atoms with Crippen molar-refractivity contribution in [3.05, 3.63) is 36.0 Å². The molecule has 0 saturated carbocycles. The fourth-order valence-corrected chi connectivity index (χ4v) is 1.96. The van der Waals surface area contributed by atoms with Crippen LogP contribution in [0.25, 0.3) is 10.9 Å². The van der Waals surface area contributed by atoms with Crippen molar-refractivity contribution in [3.8, 4) is 0 Å². The normalized spacial score (nSPS) is 11.1. The second-order valence-corrected chi connectivity index (χ2v) is 4.04. The number of aromatic nitrogens is 1. The number of rotatable bonds is 3. The molecule has 2 rings (SSSR count). The zero-order valence-electron chi connectivity index (χ0n) is 9.10. The van der Waals surface area contributed by atoms with E-state index in [-0.39, 0.29) is 0 Å². The van der Waals surface area contributed by atoms with Crippen molar-refractivity contribution in [1.82, 2.24) is 4.57 Å². The molecular formula is C13H15NO. The van der Waals surface area contributed by atoms with Crippen LogP contribution in [0, 0.1) is 0 Å². The Morgan fingerprint density at radius 3 is 2.73 bits per heavy atom. The smallest absolute Gasteiger partial charge is 0.124 e. The molecule has 2 nitrogen and oxygen atoms in total. The van der Waals surface area contributed by atoms with Crippen LogP contribution in [-0.2, 0) is 11.2 Å². The lowest BCUT2D eigenvalue weighted by Crippen LogP contribution is -1.97. The highest BCUT2D eigenvalue weighted by Crippen LogP contribution is 2.24. The first-order valence-electron chi connectivity index (χ1n) is 5.26. The van der Waals surface area contributed by atoms with Gasteiger partial charge in [-0.3, -0.25) is 0 Å². The van der Waals surface area contributed by atoms with Gasteiger partial charge in [-0.1, -0.05) is 18.2 Å². The van der Waals surface area contributed by atoms with E-state index in [0.717, 1.165) is 11.8 Å². The Balaban J connectivity index is 2.67. The summed E-state index contributed by atoms with van der Waals surface area (Å²) in [6.07, 6.45) is 3.55. The predicted octanol–water partition coefficient (Wildman–Crippen LogP) is 2.96. The highest BCUT2D eigenvalue weighted by Gasteiger charge is 2.08. The Hall–Kier alpha value is -1.57. The predicted molar refractivity (Wildman–Crippen MR) is 62.1 cm³/mol. The van der Waals surface area contributed by atoms with Crippen molar-refractivity contribution in [3.63, 3.8) is 0 Å². The Morgan fingerprint density at radius 1 is 1.33 bits per heavy atom. The Kier molecular flexibility index (Phi) is 2.58. The van der Waals surface area contributed by atoms with Crippen molar-refractivity contribution < 1.29 is 4.79 Å². The zero-order chi connectivity index (χ0) is 10.8. The van der Waals surface area contributed by atoms with Crippen LogP contribution in [-0.4, -0.2) is 10.9 Å². The molecule has 0 amide bonds. The van der Waals surface area contributed by atoms with Gasteiger partial charge in [0, 0.05) is 29.6 Å². The maximum Gasteiger partial charge on any atom is 0.124 e. The molecule has 0 aliphatic rings. The van der Waals surface area contributed by atoms with E-state index >= 15 is 0 Å². The van der Waals surface area contributed by atoms with Gasteiger partial charge in [-0.05, 0) is 25.5 Å². The summed E-state index contributed by atoms with van der Waals surface area (Å²) in [5.41, 5.74) is 2.33. The molecule has 0 atom stereocenters. The number of nitrogens with zero attached hydrogens (tertiary/aromatic N) is 1. The summed E-state index contributed by atoms with van der Waals surface area (Å²) in [5, 5.41) is 1.19. The quantitative estimate of drug-likeness (QED) is 0.700. The number of hydrogen-bond donors (Lipinski definition) is 0. The van der Waals surface area contributed by atoms with E-state index in [1.165, 1.54) is 10.9 Å². The minimum absolute atomic E-state index is 0.426. The van der Waals surface area contributed by atoms with Crippen molar-refractivity contribution >= 4 is 17.2 Å². The molecule has 2 aromatic rings. The van der Waals surface area contributed by atoms with E-state index in [2.05, 4.69) is 36.7 Å². The number of carbonyl (C=O) groups excluding carboxylic acids is 1. The second-order valence-electron chi connectivity index (χ2n) is 4.04. The maximum atomic E-state index is 10.6. The average Bonchev–Trinajstić information content (AvgIpc) is 2.59. The molecule has 1 aromatic heterocycles. The third kappa shape index (κ3) is 1.67. The molecule has 0 aliphatic carbocycles. The van der Waals surface area contributed by atoms with E-state index in [1.807, 2.05) is 12.1 Å². The number of aldehydes is 1. The third-order valence-corrected chi connectivity index (χ3v) is 2.68. The van der Waals surface area contributed by atoms with Gasteiger partial charge in [-0.15, -0.1) is 0 Å². The minimum Gasteiger partial charge on any atom is -0.345 e. The van der Waals surface area contributed by atoms with Gasteiger partial charge in [0.2, 0.25) is 0 Å². The number of hydrogen-bond acceptors (Lipinski definition) is 1. The van der Waals surface area contributed by atoms with Crippen LogP contribution in [0.3, 0.4) is 0 Å². The van der Waals surface area contributed by atoms with Crippen molar-refractivity contribution in [1.29, 1.82) is 0 Å². The number of benzene rings is 1. The van der Waals surface area contributed by atoms with Gasteiger partial charge in [0.25, 0.3) is 0 Å². The first-order chi connectivity index (χ1) is 7.24. The van der Waals surface area contributed by atoms with E-state index < -0.39 is 0 Å². The molecule has 2 heteroatoms. The van der Waals surface area contributed by atoms with Crippen molar-refractivity contribution in [2.75, 3.05) is 0 Å². The van der Waals surface area contributed by atoms with Gasteiger partial charge in [-0.25, -0.2) is 0 Å². The molecule has 15 heavy (non-hydrogen) atoms. The number of carbonyl (C=O) groups is 1. The van der Waals surface area contributed by atoms with Crippen LogP contribution < -0.4 is 0 Å². The third-order valence-electron chi connectivity index (χ3n) is 2.68. The van der Waals surface area contributed by atoms with E-state index in [1.54, 1.807) is 0 Å². The van der Waals surface area contributed by atoms with E-state index in [9.17, 15) is 4.79 Å². The lowest BCUT2D eigenvalue weighted by atomic mass is 10.1. The summed E-state index contributed by atoms with van der Waals surface area (Å²) in [4.78, 5) is 10.6. The lowest BCUT2D eigenvalue weighted by molar-refractivity contribution is -0.107. The molecule has 0 saturated heterocycles. The Bertz CT molecular complexity index is 482. The largest absolute Gasteiger partial charge is 0.345 e. The van der Waals surface area contributed by atoms with Gasteiger partial charge < -0.3 is 9.36 Å². The lowest BCUT2D eigenvalue weighted by Gasteiger charge is -2.08. The van der Waals surface area contributed by atoms with Crippen molar-refractivity contribution in [2.24, 2.45) is 0 Å². The minimum atomic E-state index is 0.426. The molecule has 0 aliphatic heterocycles. The number of fused-ring (bicyclic) bond motifs is 1. The molecular weight excluding hydrogens is 186 g/mol. The summed E-state index contributed by atoms with van der Waals surface area (Å²) < 4.78 is 2.22. The fraction of sp³-hybridized carbons (Fsp3) is 0.308. The molecule has 0 bridgehead atoms. The van der Waals surface area contributed by atoms with Crippen LogP contribution in [0.15, 0.2) is 30.5 Å². The van der Waals surface area contributed by atoms with E-state index in [0.29, 0.717) is 12.5 Å². The highest BCUT2D eigenvalue weighted by molar-refractivity contribution is 5.86. The van der Waals surface area contributed by atoms with Gasteiger partial charge in [0.05, 0.1) is 0 Å². The second kappa shape index (κ2) is 3.89. The average molecular weight is 201 g/mol. The van der Waals surface area contributed by atoms with Gasteiger partial charge >= 0.3 is 0 Å². The number of para-hydroxylation sites is 1. The molecule has 0 fully saturated rings. The molecule has 0 spiro atoms. The van der Waals surface area contributed by atoms with Crippen molar-refractivity contribution in [2.45, 2.75) is 26.3 Å². The maximum absolute atomic E-state index is 10.6. The highest BCUT2D eigenvalue weighted by atomic mass is 16.1. The summed E-state index contributed by atoms with van der Waals surface area (Å²) in [6, 6.07) is 8.65. The fourth-order valence-electron chi connectivity index (χ4n) is 1.96. The van der Waals surface area contributed by atoms with Crippen LogP contribution >= 0.6 is 0 Å². The van der Waals surface area contributed by atoms with E-state index in [4.69, 9.17) is 0 Å². The monoisotopic (exact) mass is 201 g/mol. The van der Waals surface area contributed by atoms with Gasteiger partial charge in [-0.2, -0.15) is 0 Å². The van der Waals surface area contributed by atoms with Crippen LogP contribution in [0.2, 0.25) is 0 Å². The molecule has 1 aromatic carbocycles. The van der Waals surface area contributed by atoms with Crippen LogP contribution in [0.4, 0.5) is 0 Å². The topological polar surface area (TPSA) is 22.0 Å². The first kappa shape index (κ1) is 9.97. The Morgan fingerprint density at radius 2 is 2.07 bits per heavy atom. The summed E-state index contributed by atoms with van der Waals surface area (Å²) in [6.45, 7) is 4.30. The summed E-state index contributed by atoms with van der Waals surface area (Å²) in [5.74, 6) is 0. The van der Waals surface area contributed by atoms with Crippen LogP contribution in [0.1, 0.15) is 25.5 Å². The molecule has 0 radical (unpaired) electrons. The summed E-state index contributed by atoms with van der Waals surface area (Å²) >= 11 is 0. The molecule has 1 heterocycles. The Labute approximate surface area is 89.5 Å². The van der Waals surface area contributed by atoms with Crippen LogP contribution in [0.5, 0.6) is 0 Å². The standard InChI is InChI=1S/C13H15NO/c1-10(2)14-9-11(7-8-15)12-5-3-4-6-13(12)14/h3-6,8-10H,7H2,1-2H3. The van der Waals surface area contributed by atoms with Gasteiger partial charge in [0.15, 0.2) is 0 Å².